The van der Waals surface area contributed by atoms with Crippen LogP contribution in [0.2, 0.25) is 0 Å². The van der Waals surface area contributed by atoms with E-state index in [1.807, 2.05) is 18.2 Å². The highest BCUT2D eigenvalue weighted by molar-refractivity contribution is 6.11. The summed E-state index contributed by atoms with van der Waals surface area (Å²) in [5.74, 6) is 0.603. The smallest absolute Gasteiger partial charge is 0.347 e. The first-order chi connectivity index (χ1) is 11.5. The molecule has 5 heteroatoms. The van der Waals surface area contributed by atoms with Crippen LogP contribution in [0.4, 0.5) is 5.82 Å². The first kappa shape index (κ1) is 14.9. The lowest BCUT2D eigenvalue weighted by atomic mass is 9.84. The molecule has 1 aliphatic rings. The van der Waals surface area contributed by atoms with Crippen LogP contribution in [0.3, 0.4) is 0 Å². The van der Waals surface area contributed by atoms with E-state index < -0.39 is 5.63 Å². The second-order valence-electron chi connectivity index (χ2n) is 6.55. The number of carbonyl (C=O) groups is 1. The van der Waals surface area contributed by atoms with Gasteiger partial charge < -0.3 is 9.73 Å². The van der Waals surface area contributed by atoms with Gasteiger partial charge in [-0.05, 0) is 36.8 Å². The van der Waals surface area contributed by atoms with Gasteiger partial charge in [0.1, 0.15) is 16.8 Å². The van der Waals surface area contributed by atoms with Crippen molar-refractivity contribution in [3.8, 4) is 0 Å². The number of carbonyl (C=O) groups excluding carboxylic acids is 1. The number of aryl methyl sites for hydroxylation is 1. The highest BCUT2D eigenvalue weighted by Gasteiger charge is 2.24. The molecular weight excluding hydrogens is 304 g/mol. The van der Waals surface area contributed by atoms with Crippen LogP contribution >= 0.6 is 0 Å². The van der Waals surface area contributed by atoms with Crippen LogP contribution in [0, 0.1) is 5.92 Å². The third kappa shape index (κ3) is 2.28. The van der Waals surface area contributed by atoms with Crippen LogP contribution in [0.15, 0.2) is 33.5 Å². The number of para-hydroxylation sites is 1. The molecule has 122 valence electrons. The standard InChI is InChI=1S/C19H18N2O3/c1-10-7-8-14-13(9-10)16-12-5-3-4-6-15(12)24-19(23)17(16)18(21-14)20-11(2)22/h3-6,10H,7-9H2,1-2H3,(H,20,21,22)/t10-/m0/s1. The summed E-state index contributed by atoms with van der Waals surface area (Å²) in [4.78, 5) is 28.8. The Hall–Kier alpha value is -2.69. The molecule has 24 heavy (non-hydrogen) atoms. The number of nitrogens with zero attached hydrogens (tertiary/aromatic N) is 1. The fraction of sp³-hybridized carbons (Fsp3) is 0.316. The lowest BCUT2D eigenvalue weighted by Gasteiger charge is -2.23. The molecule has 2 heterocycles. The van der Waals surface area contributed by atoms with Gasteiger partial charge in [-0.2, -0.15) is 0 Å². The van der Waals surface area contributed by atoms with Gasteiger partial charge in [-0.15, -0.1) is 0 Å². The Balaban J connectivity index is 2.20. The molecule has 1 aromatic carbocycles. The van der Waals surface area contributed by atoms with Gasteiger partial charge in [0, 0.05) is 23.4 Å². The summed E-state index contributed by atoms with van der Waals surface area (Å²) in [6.07, 6.45) is 2.80. The lowest BCUT2D eigenvalue weighted by Crippen LogP contribution is -2.19. The van der Waals surface area contributed by atoms with Crippen molar-refractivity contribution >= 4 is 33.5 Å². The predicted octanol–water partition coefficient (Wildman–Crippen LogP) is 3.42. The Morgan fingerprint density at radius 1 is 1.29 bits per heavy atom. The molecule has 0 bridgehead atoms. The summed E-state index contributed by atoms with van der Waals surface area (Å²) in [5, 5.41) is 4.85. The van der Waals surface area contributed by atoms with E-state index >= 15 is 0 Å². The number of fused-ring (bicyclic) bond motifs is 5. The molecule has 1 atom stereocenters. The van der Waals surface area contributed by atoms with Gasteiger partial charge in [0.25, 0.3) is 0 Å². The molecule has 0 fully saturated rings. The maximum absolute atomic E-state index is 12.6. The summed E-state index contributed by atoms with van der Waals surface area (Å²) in [6.45, 7) is 3.63. The van der Waals surface area contributed by atoms with Crippen LogP contribution in [0.1, 0.15) is 31.5 Å². The minimum absolute atomic E-state index is 0.250. The Labute approximate surface area is 138 Å². The second-order valence-corrected chi connectivity index (χ2v) is 6.55. The molecule has 1 N–H and O–H groups in total. The van der Waals surface area contributed by atoms with Crippen molar-refractivity contribution in [3.63, 3.8) is 0 Å². The molecule has 0 spiro atoms. The van der Waals surface area contributed by atoms with Crippen LogP contribution in [0.25, 0.3) is 21.7 Å². The number of amides is 1. The van der Waals surface area contributed by atoms with Gasteiger partial charge in [-0.25, -0.2) is 9.78 Å². The van der Waals surface area contributed by atoms with Gasteiger partial charge in [-0.1, -0.05) is 25.1 Å². The van der Waals surface area contributed by atoms with Gasteiger partial charge in [0.2, 0.25) is 5.91 Å². The first-order valence-electron chi connectivity index (χ1n) is 8.19. The van der Waals surface area contributed by atoms with Crippen LogP contribution < -0.4 is 10.9 Å². The van der Waals surface area contributed by atoms with E-state index in [4.69, 9.17) is 4.42 Å². The molecule has 0 radical (unpaired) electrons. The van der Waals surface area contributed by atoms with E-state index in [0.29, 0.717) is 22.7 Å². The fourth-order valence-corrected chi connectivity index (χ4v) is 3.60. The number of hydrogen-bond donors (Lipinski definition) is 1. The number of hydrogen-bond acceptors (Lipinski definition) is 4. The molecule has 0 aliphatic heterocycles. The molecule has 1 aliphatic carbocycles. The highest BCUT2D eigenvalue weighted by atomic mass is 16.4. The minimum atomic E-state index is -0.457. The van der Waals surface area contributed by atoms with Crippen molar-refractivity contribution in [2.45, 2.75) is 33.1 Å². The number of benzene rings is 1. The average molecular weight is 322 g/mol. The van der Waals surface area contributed by atoms with Crippen molar-refractivity contribution < 1.29 is 9.21 Å². The number of anilines is 1. The van der Waals surface area contributed by atoms with Crippen molar-refractivity contribution in [3.05, 3.63) is 45.9 Å². The zero-order valence-electron chi connectivity index (χ0n) is 13.7. The lowest BCUT2D eigenvalue weighted by molar-refractivity contribution is -0.114. The molecule has 5 nitrogen and oxygen atoms in total. The zero-order chi connectivity index (χ0) is 16.8. The van der Waals surface area contributed by atoms with Crippen LogP contribution in [-0.2, 0) is 17.6 Å². The Bertz CT molecular complexity index is 1040. The summed E-state index contributed by atoms with van der Waals surface area (Å²) < 4.78 is 5.47. The maximum atomic E-state index is 12.6. The van der Waals surface area contributed by atoms with Crippen molar-refractivity contribution in [2.75, 3.05) is 5.32 Å². The predicted molar refractivity (Wildman–Crippen MR) is 93.3 cm³/mol. The average Bonchev–Trinajstić information content (AvgIpc) is 2.54. The maximum Gasteiger partial charge on any atom is 0.347 e. The molecule has 0 unspecified atom stereocenters. The number of pyridine rings is 1. The SMILES string of the molecule is CC(=O)Nc1nc2c(c3c1c(=O)oc1ccccc13)C[C@@H](C)CC2. The summed E-state index contributed by atoms with van der Waals surface area (Å²) >= 11 is 0. The largest absolute Gasteiger partial charge is 0.422 e. The van der Waals surface area contributed by atoms with Crippen molar-refractivity contribution in [1.29, 1.82) is 0 Å². The molecule has 0 saturated heterocycles. The van der Waals surface area contributed by atoms with E-state index in [0.717, 1.165) is 41.3 Å². The van der Waals surface area contributed by atoms with Gasteiger partial charge in [0.15, 0.2) is 0 Å². The topological polar surface area (TPSA) is 72.2 Å². The minimum Gasteiger partial charge on any atom is -0.422 e. The van der Waals surface area contributed by atoms with Gasteiger partial charge >= 0.3 is 5.63 Å². The van der Waals surface area contributed by atoms with E-state index in [2.05, 4.69) is 17.2 Å². The number of nitrogens with one attached hydrogen (secondary N) is 1. The van der Waals surface area contributed by atoms with Crippen LogP contribution in [-0.4, -0.2) is 10.9 Å². The third-order valence-corrected chi connectivity index (χ3v) is 4.67. The Morgan fingerprint density at radius 3 is 2.88 bits per heavy atom. The fourth-order valence-electron chi connectivity index (χ4n) is 3.60. The molecule has 2 aromatic heterocycles. The van der Waals surface area contributed by atoms with Gasteiger partial charge in [0.05, 0.1) is 0 Å². The van der Waals surface area contributed by atoms with E-state index in [1.54, 1.807) is 6.07 Å². The third-order valence-electron chi connectivity index (χ3n) is 4.67. The molecule has 4 rings (SSSR count). The Morgan fingerprint density at radius 2 is 2.08 bits per heavy atom. The summed E-state index contributed by atoms with van der Waals surface area (Å²) in [5.41, 5.74) is 2.19. The number of rotatable bonds is 1. The van der Waals surface area contributed by atoms with E-state index in [-0.39, 0.29) is 5.91 Å². The summed E-state index contributed by atoms with van der Waals surface area (Å²) in [6, 6.07) is 7.53. The molecular formula is C19H18N2O3. The zero-order valence-corrected chi connectivity index (χ0v) is 13.7. The first-order valence-corrected chi connectivity index (χ1v) is 8.19. The number of aromatic nitrogens is 1. The van der Waals surface area contributed by atoms with Crippen molar-refractivity contribution in [2.24, 2.45) is 5.92 Å². The summed E-state index contributed by atoms with van der Waals surface area (Å²) in [7, 11) is 0. The highest BCUT2D eigenvalue weighted by Crippen LogP contribution is 2.36. The van der Waals surface area contributed by atoms with Crippen molar-refractivity contribution in [1.82, 2.24) is 4.98 Å². The van der Waals surface area contributed by atoms with E-state index in [9.17, 15) is 9.59 Å². The molecule has 3 aromatic rings. The van der Waals surface area contributed by atoms with Gasteiger partial charge in [-0.3, -0.25) is 4.79 Å². The Kier molecular flexibility index (Phi) is 3.37. The van der Waals surface area contributed by atoms with Crippen LogP contribution in [0.5, 0.6) is 0 Å². The molecule has 0 saturated carbocycles. The quantitative estimate of drug-likeness (QED) is 0.550. The van der Waals surface area contributed by atoms with E-state index in [1.165, 1.54) is 6.92 Å². The molecule has 1 amide bonds. The second kappa shape index (κ2) is 5.44. The normalized spacial score (nSPS) is 17.0. The monoisotopic (exact) mass is 322 g/mol.